The number of benzene rings is 6. The number of nitrogens with one attached hydrogen (secondary N) is 2. The summed E-state index contributed by atoms with van der Waals surface area (Å²) >= 11 is 0.275. The Morgan fingerprint density at radius 1 is 0.667 bits per heavy atom. The molecule has 0 aromatic heterocycles. The molecular formula is C56H59F4N3O6S3. The van der Waals surface area contributed by atoms with E-state index >= 15 is 17.6 Å². The van der Waals surface area contributed by atoms with Crippen molar-refractivity contribution >= 4 is 65.6 Å². The summed E-state index contributed by atoms with van der Waals surface area (Å²) in [6.07, 6.45) is -0.211. The molecule has 16 heteroatoms. The van der Waals surface area contributed by atoms with Crippen molar-refractivity contribution in [3.8, 4) is 22.5 Å². The third-order valence-corrected chi connectivity index (χ3v) is 16.9. The number of carbonyl (C=O) groups is 1. The number of carbonyl (C=O) groups excluding carboxylic acids is 1. The average molecular weight is 1040 g/mol. The van der Waals surface area contributed by atoms with Crippen LogP contribution in [0.5, 0.6) is 0 Å². The van der Waals surface area contributed by atoms with Gasteiger partial charge in [-0.2, -0.15) is 0 Å². The molecule has 1 aliphatic carbocycles. The first-order chi connectivity index (χ1) is 33.7. The third kappa shape index (κ3) is 10.9. The molecule has 0 spiro atoms. The van der Waals surface area contributed by atoms with Crippen LogP contribution in [0.15, 0.2) is 116 Å². The second-order valence-electron chi connectivity index (χ2n) is 20.1. The van der Waals surface area contributed by atoms with Gasteiger partial charge in [0.25, 0.3) is 0 Å². The molecule has 0 fully saturated rings. The molecule has 72 heavy (non-hydrogen) atoms. The van der Waals surface area contributed by atoms with Gasteiger partial charge in [0, 0.05) is 74.3 Å². The fourth-order valence-electron chi connectivity index (χ4n) is 8.69. The number of fused-ring (bicyclic) bond motifs is 2. The van der Waals surface area contributed by atoms with Gasteiger partial charge in [-0.3, -0.25) is 4.79 Å². The van der Waals surface area contributed by atoms with Crippen LogP contribution in [0, 0.1) is 28.7 Å². The zero-order valence-corrected chi connectivity index (χ0v) is 44.5. The summed E-state index contributed by atoms with van der Waals surface area (Å²) < 4.78 is 129. The van der Waals surface area contributed by atoms with E-state index in [4.69, 9.17) is 4.42 Å². The summed E-state index contributed by atoms with van der Waals surface area (Å²) in [4.78, 5) is 11.9. The molecule has 2 N–H and O–H groups in total. The van der Waals surface area contributed by atoms with Gasteiger partial charge in [0.05, 0.1) is 15.9 Å². The van der Waals surface area contributed by atoms with E-state index in [1.54, 1.807) is 45.0 Å². The number of hydrogen-bond donors (Lipinski definition) is 2. The molecule has 0 unspecified atom stereocenters. The number of anilines is 2. The minimum absolute atomic E-state index is 0.0574. The predicted octanol–water partition coefficient (Wildman–Crippen LogP) is 13.9. The van der Waals surface area contributed by atoms with Gasteiger partial charge in [0.2, 0.25) is 11.0 Å². The van der Waals surface area contributed by atoms with Gasteiger partial charge < -0.3 is 13.9 Å². The van der Waals surface area contributed by atoms with Gasteiger partial charge in [0.1, 0.15) is 42.1 Å². The molecule has 380 valence electrons. The molecule has 5 aromatic carbocycles. The number of sulfonamides is 2. The summed E-state index contributed by atoms with van der Waals surface area (Å²) in [6, 6.07) is 28.4. The summed E-state index contributed by atoms with van der Waals surface area (Å²) in [5, 5.41) is 4.68. The smallest absolute Gasteiger partial charge is 0.210 e. The van der Waals surface area contributed by atoms with Gasteiger partial charge in [0.15, 0.2) is 23.3 Å². The monoisotopic (exact) mass is 1040 g/mol. The Morgan fingerprint density at radius 3 is 1.78 bits per heavy atom. The van der Waals surface area contributed by atoms with Gasteiger partial charge >= 0.3 is 0 Å². The molecule has 0 amide bonds. The molecule has 7 rings (SSSR count). The third-order valence-electron chi connectivity index (χ3n) is 12.5. The summed E-state index contributed by atoms with van der Waals surface area (Å²) in [5.41, 5.74) is 7.06. The molecule has 0 bridgehead atoms. The van der Waals surface area contributed by atoms with Crippen LogP contribution in [-0.4, -0.2) is 28.4 Å². The van der Waals surface area contributed by atoms with Crippen molar-refractivity contribution in [2.45, 2.75) is 121 Å². The fourth-order valence-corrected chi connectivity index (χ4v) is 12.6. The van der Waals surface area contributed by atoms with E-state index in [1.807, 2.05) is 24.3 Å². The summed E-state index contributed by atoms with van der Waals surface area (Å²) in [7, 11) is -11.5. The highest BCUT2D eigenvalue weighted by Crippen LogP contribution is 2.45. The van der Waals surface area contributed by atoms with E-state index in [1.165, 1.54) is 18.2 Å². The zero-order valence-electron chi connectivity index (χ0n) is 42.1. The number of hydrogen-bond acceptors (Lipinski definition) is 8. The molecule has 0 saturated carbocycles. The molecule has 2 aliphatic rings. The maximum absolute atomic E-state index is 15.7. The maximum atomic E-state index is 15.7. The van der Waals surface area contributed by atoms with Gasteiger partial charge in [-0.25, -0.2) is 39.4 Å². The van der Waals surface area contributed by atoms with Crippen molar-refractivity contribution in [1.82, 2.24) is 0 Å². The lowest BCUT2D eigenvalue weighted by atomic mass is 9.89. The lowest BCUT2D eigenvalue weighted by molar-refractivity contribution is -0.404. The Balaban J connectivity index is 1.40. The highest BCUT2D eigenvalue weighted by molar-refractivity contribution is 8.12. The topological polar surface area (TPSA) is 139 Å². The van der Waals surface area contributed by atoms with E-state index < -0.39 is 63.4 Å². The number of nitrogens with zero attached hydrogens (tertiary/aromatic N) is 1. The Morgan fingerprint density at radius 2 is 1.22 bits per heavy atom. The summed E-state index contributed by atoms with van der Waals surface area (Å²) in [5.74, 6) is -8.46. The Hall–Kier alpha value is -5.81. The van der Waals surface area contributed by atoms with Crippen LogP contribution in [0.4, 0.5) is 34.6 Å². The molecule has 5 aromatic rings. The Kier molecular flexibility index (Phi) is 15.7. The Labute approximate surface area is 424 Å². The van der Waals surface area contributed by atoms with Crippen LogP contribution in [-0.2, 0) is 24.8 Å². The standard InChI is InChI=1S/C56H58F4N3O6S3/c1-30(2)36-17-14-18-37(31(3)4)52(36)61-34-22-24-40-43(28-34)69-44-29-35(62-53-38(32(5)6)19-15-20-39(53)33(7)8)23-25-41(44)47(40)42-16-12-13-21-45(42)71(65,66)63-72(67,68)55-50(59)48(57)54(49(58)51(55)60)70-27-26-46(64)56(9,10)11/h12-25,28-33H,26-27H2,1-11H3,(H,61,62)/q-1/p+1. The minimum atomic E-state index is -6.03. The van der Waals surface area contributed by atoms with Crippen molar-refractivity contribution in [3.05, 3.63) is 152 Å². The van der Waals surface area contributed by atoms with Crippen LogP contribution < -0.4 is 15.7 Å². The van der Waals surface area contributed by atoms with E-state index in [2.05, 4.69) is 94.1 Å². The molecular weight excluding hydrogens is 983 g/mol. The van der Waals surface area contributed by atoms with Crippen LogP contribution in [0.3, 0.4) is 0 Å². The maximum Gasteiger partial charge on any atom is 0.210 e. The van der Waals surface area contributed by atoms with Crippen molar-refractivity contribution in [3.63, 3.8) is 0 Å². The predicted molar refractivity (Wildman–Crippen MR) is 278 cm³/mol. The highest BCUT2D eigenvalue weighted by atomic mass is 32.3. The first kappa shape index (κ1) is 54.0. The first-order valence-corrected chi connectivity index (χ1v) is 27.6. The lowest BCUT2D eigenvalue weighted by Gasteiger charge is -2.25. The quantitative estimate of drug-likeness (QED) is 0.0422. The minimum Gasteiger partial charge on any atom is -0.456 e. The van der Waals surface area contributed by atoms with E-state index in [0.29, 0.717) is 33.3 Å². The lowest BCUT2D eigenvalue weighted by Crippen LogP contribution is -2.71. The van der Waals surface area contributed by atoms with E-state index in [0.717, 1.165) is 39.7 Å². The highest BCUT2D eigenvalue weighted by Gasteiger charge is 2.33. The van der Waals surface area contributed by atoms with Crippen molar-refractivity contribution in [2.75, 3.05) is 11.1 Å². The van der Waals surface area contributed by atoms with E-state index in [9.17, 15) is 21.6 Å². The second kappa shape index (κ2) is 21.0. The number of rotatable bonds is 16. The number of halogens is 4. The van der Waals surface area contributed by atoms with Crippen molar-refractivity contribution in [1.29, 1.82) is 0 Å². The first-order valence-electron chi connectivity index (χ1n) is 23.7. The zero-order chi connectivity index (χ0) is 52.8. The van der Waals surface area contributed by atoms with Crippen LogP contribution in [0.25, 0.3) is 37.5 Å². The van der Waals surface area contributed by atoms with Crippen LogP contribution in [0.1, 0.15) is 129 Å². The van der Waals surface area contributed by atoms with E-state index in [-0.39, 0.29) is 64.5 Å². The molecule has 0 radical (unpaired) electrons. The normalized spacial score (nSPS) is 12.9. The number of para-hydroxylation sites is 2. The van der Waals surface area contributed by atoms with Crippen molar-refractivity contribution in [2.24, 2.45) is 5.41 Å². The van der Waals surface area contributed by atoms with Gasteiger partial charge in [-0.1, -0.05) is 131 Å². The summed E-state index contributed by atoms with van der Waals surface area (Å²) in [6.45, 7) is 21.8. The largest absolute Gasteiger partial charge is 0.456 e. The number of ketones is 1. The van der Waals surface area contributed by atoms with Crippen LogP contribution in [0.2, 0.25) is 0 Å². The number of Topliss-reactive ketones (excluding diaryl/α,β-unsaturated/α-hetero) is 1. The average Bonchev–Trinajstić information content (AvgIpc) is 3.30. The van der Waals surface area contributed by atoms with Crippen molar-refractivity contribution < 1.29 is 48.6 Å². The second-order valence-corrected chi connectivity index (χ2v) is 24.5. The van der Waals surface area contributed by atoms with Gasteiger partial charge in [-0.05, 0) is 59.1 Å². The molecule has 1 heterocycles. The van der Waals surface area contributed by atoms with Crippen LogP contribution >= 0.6 is 11.8 Å². The molecule has 1 aliphatic heterocycles. The SMILES string of the molecule is CC(C)c1cccc(C(C)C)c1Nc1ccc2c(-c3ccccc3S(=O)(=O)[N-]S(=O)(=O)c3c(F)c(F)c(SCCC(=O)C(C)(C)C)c(F)c3F)c3ccc(=[NH+]c4c(C(C)C)cccc4C(C)C)cc-3oc2c1. The van der Waals surface area contributed by atoms with Gasteiger partial charge in [-0.15, -0.1) is 11.8 Å². The molecule has 0 atom stereocenters. The molecule has 9 nitrogen and oxygen atoms in total. The Bertz CT molecular complexity index is 3430. The fraction of sp³-hybridized carbons (Fsp3) is 0.321. The number of thioether (sulfide) groups is 1. The molecule has 0 saturated heterocycles.